The summed E-state index contributed by atoms with van der Waals surface area (Å²) in [7, 11) is 0. The molecule has 0 saturated heterocycles. The minimum absolute atomic E-state index is 0.0751. The SMILES string of the molecule is CC(C)(C)c1ccc(NC(=O)Nc2cccc3c(O)cccc23)cc1. The Morgan fingerprint density at radius 3 is 2.16 bits per heavy atom. The average Bonchev–Trinajstić information content (AvgIpc) is 2.55. The second-order valence-electron chi connectivity index (χ2n) is 7.08. The van der Waals surface area contributed by atoms with E-state index in [1.807, 2.05) is 42.5 Å². The van der Waals surface area contributed by atoms with E-state index >= 15 is 0 Å². The minimum atomic E-state index is -0.320. The first-order valence-electron chi connectivity index (χ1n) is 8.24. The van der Waals surface area contributed by atoms with Gasteiger partial charge in [-0.25, -0.2) is 4.79 Å². The van der Waals surface area contributed by atoms with Crippen LogP contribution in [0, 0.1) is 0 Å². The highest BCUT2D eigenvalue weighted by atomic mass is 16.3. The van der Waals surface area contributed by atoms with Crippen molar-refractivity contribution < 1.29 is 9.90 Å². The van der Waals surface area contributed by atoms with Gasteiger partial charge in [-0.3, -0.25) is 0 Å². The summed E-state index contributed by atoms with van der Waals surface area (Å²) in [6.45, 7) is 6.45. The lowest BCUT2D eigenvalue weighted by Gasteiger charge is -2.19. The summed E-state index contributed by atoms with van der Waals surface area (Å²) in [4.78, 5) is 12.3. The molecule has 4 heteroatoms. The van der Waals surface area contributed by atoms with Crippen molar-refractivity contribution in [2.24, 2.45) is 0 Å². The van der Waals surface area contributed by atoms with Crippen molar-refractivity contribution in [3.63, 3.8) is 0 Å². The van der Waals surface area contributed by atoms with Crippen LogP contribution in [0.15, 0.2) is 60.7 Å². The van der Waals surface area contributed by atoms with E-state index in [0.29, 0.717) is 11.1 Å². The van der Waals surface area contributed by atoms with E-state index in [1.165, 1.54) is 5.56 Å². The topological polar surface area (TPSA) is 61.4 Å². The van der Waals surface area contributed by atoms with Crippen molar-refractivity contribution in [1.82, 2.24) is 0 Å². The van der Waals surface area contributed by atoms with Crippen LogP contribution in [0.25, 0.3) is 10.8 Å². The fraction of sp³-hybridized carbons (Fsp3) is 0.190. The molecule has 4 nitrogen and oxygen atoms in total. The van der Waals surface area contributed by atoms with Gasteiger partial charge < -0.3 is 15.7 Å². The first-order chi connectivity index (χ1) is 11.8. The van der Waals surface area contributed by atoms with Gasteiger partial charge in [0.05, 0.1) is 5.69 Å². The zero-order chi connectivity index (χ0) is 18.0. The van der Waals surface area contributed by atoms with Crippen molar-refractivity contribution in [3.05, 3.63) is 66.2 Å². The van der Waals surface area contributed by atoms with Crippen LogP contribution in [-0.2, 0) is 5.41 Å². The molecular weight excluding hydrogens is 312 g/mol. The van der Waals surface area contributed by atoms with Crippen LogP contribution >= 0.6 is 0 Å². The monoisotopic (exact) mass is 334 g/mol. The Bertz CT molecular complexity index is 909. The molecule has 0 aliphatic heterocycles. The van der Waals surface area contributed by atoms with Gasteiger partial charge in [-0.2, -0.15) is 0 Å². The van der Waals surface area contributed by atoms with Crippen molar-refractivity contribution in [3.8, 4) is 5.75 Å². The number of carbonyl (C=O) groups excluding carboxylic acids is 1. The lowest BCUT2D eigenvalue weighted by Crippen LogP contribution is -2.19. The first-order valence-corrected chi connectivity index (χ1v) is 8.24. The number of amides is 2. The van der Waals surface area contributed by atoms with Crippen LogP contribution in [0.3, 0.4) is 0 Å². The summed E-state index contributed by atoms with van der Waals surface area (Å²) >= 11 is 0. The highest BCUT2D eigenvalue weighted by Gasteiger charge is 2.13. The molecule has 0 fully saturated rings. The van der Waals surface area contributed by atoms with E-state index in [1.54, 1.807) is 18.2 Å². The molecule has 0 radical (unpaired) electrons. The molecule has 3 N–H and O–H groups in total. The second-order valence-corrected chi connectivity index (χ2v) is 7.08. The second kappa shape index (κ2) is 6.48. The van der Waals surface area contributed by atoms with Crippen LogP contribution in [0.4, 0.5) is 16.2 Å². The van der Waals surface area contributed by atoms with Crippen molar-refractivity contribution in [2.75, 3.05) is 10.6 Å². The van der Waals surface area contributed by atoms with E-state index in [-0.39, 0.29) is 17.2 Å². The highest BCUT2D eigenvalue weighted by Crippen LogP contribution is 2.30. The quantitative estimate of drug-likeness (QED) is 0.580. The van der Waals surface area contributed by atoms with Gasteiger partial charge in [-0.15, -0.1) is 0 Å². The van der Waals surface area contributed by atoms with E-state index < -0.39 is 0 Å². The lowest BCUT2D eigenvalue weighted by atomic mass is 9.87. The van der Waals surface area contributed by atoms with Crippen LogP contribution in [0.1, 0.15) is 26.3 Å². The van der Waals surface area contributed by atoms with Crippen molar-refractivity contribution in [1.29, 1.82) is 0 Å². The predicted molar refractivity (Wildman–Crippen MR) is 103 cm³/mol. The third-order valence-electron chi connectivity index (χ3n) is 4.16. The summed E-state index contributed by atoms with van der Waals surface area (Å²) in [6.07, 6.45) is 0. The van der Waals surface area contributed by atoms with Gasteiger partial charge in [-0.1, -0.05) is 57.2 Å². The third-order valence-corrected chi connectivity index (χ3v) is 4.16. The number of hydrogen-bond donors (Lipinski definition) is 3. The number of rotatable bonds is 2. The number of carbonyl (C=O) groups is 1. The summed E-state index contributed by atoms with van der Waals surface area (Å²) in [5, 5.41) is 17.1. The summed E-state index contributed by atoms with van der Waals surface area (Å²) in [5.74, 6) is 0.194. The number of nitrogens with one attached hydrogen (secondary N) is 2. The summed E-state index contributed by atoms with van der Waals surface area (Å²) in [6, 6.07) is 18.2. The molecule has 3 aromatic carbocycles. The molecule has 0 saturated carbocycles. The lowest BCUT2D eigenvalue weighted by molar-refractivity contribution is 0.262. The molecule has 0 aromatic heterocycles. The maximum absolute atomic E-state index is 12.3. The van der Waals surface area contributed by atoms with Crippen molar-refractivity contribution in [2.45, 2.75) is 26.2 Å². The maximum Gasteiger partial charge on any atom is 0.323 e. The molecule has 0 unspecified atom stereocenters. The Hall–Kier alpha value is -3.01. The van der Waals surface area contributed by atoms with Crippen LogP contribution in [0.2, 0.25) is 0 Å². The molecular formula is C21H22N2O2. The minimum Gasteiger partial charge on any atom is -0.507 e. The number of benzene rings is 3. The molecule has 3 rings (SSSR count). The number of aromatic hydroxyl groups is 1. The van der Waals surface area contributed by atoms with Gasteiger partial charge in [-0.05, 0) is 35.2 Å². The van der Waals surface area contributed by atoms with Gasteiger partial charge in [0.25, 0.3) is 0 Å². The van der Waals surface area contributed by atoms with Gasteiger partial charge in [0.15, 0.2) is 0 Å². The van der Waals surface area contributed by atoms with Gasteiger partial charge in [0, 0.05) is 16.5 Å². The Kier molecular flexibility index (Phi) is 4.36. The summed E-state index contributed by atoms with van der Waals surface area (Å²) in [5.41, 5.74) is 2.67. The van der Waals surface area contributed by atoms with Crippen LogP contribution in [-0.4, -0.2) is 11.1 Å². The Labute approximate surface area is 147 Å². The Morgan fingerprint density at radius 2 is 1.48 bits per heavy atom. The number of fused-ring (bicyclic) bond motifs is 1. The molecule has 0 spiro atoms. The average molecular weight is 334 g/mol. The zero-order valence-electron chi connectivity index (χ0n) is 14.6. The smallest absolute Gasteiger partial charge is 0.323 e. The number of hydrogen-bond acceptors (Lipinski definition) is 2. The van der Waals surface area contributed by atoms with Gasteiger partial charge in [0.2, 0.25) is 0 Å². The zero-order valence-corrected chi connectivity index (χ0v) is 14.6. The molecule has 0 aliphatic carbocycles. The molecule has 0 aliphatic rings. The number of anilines is 2. The summed E-state index contributed by atoms with van der Waals surface area (Å²) < 4.78 is 0. The first kappa shape index (κ1) is 16.8. The number of phenolic OH excluding ortho intramolecular Hbond substituents is 1. The van der Waals surface area contributed by atoms with E-state index in [9.17, 15) is 9.90 Å². The largest absolute Gasteiger partial charge is 0.507 e. The highest BCUT2D eigenvalue weighted by molar-refractivity contribution is 6.07. The molecule has 0 heterocycles. The van der Waals surface area contributed by atoms with Crippen LogP contribution in [0.5, 0.6) is 5.75 Å². The van der Waals surface area contributed by atoms with Crippen LogP contribution < -0.4 is 10.6 Å². The third kappa shape index (κ3) is 3.74. The van der Waals surface area contributed by atoms with E-state index in [4.69, 9.17) is 0 Å². The molecule has 25 heavy (non-hydrogen) atoms. The molecule has 3 aromatic rings. The van der Waals surface area contributed by atoms with Crippen molar-refractivity contribution >= 4 is 28.2 Å². The Balaban J connectivity index is 1.76. The molecule has 128 valence electrons. The number of phenols is 1. The van der Waals surface area contributed by atoms with Gasteiger partial charge in [0.1, 0.15) is 5.75 Å². The van der Waals surface area contributed by atoms with E-state index in [2.05, 4.69) is 31.4 Å². The van der Waals surface area contributed by atoms with Gasteiger partial charge >= 0.3 is 6.03 Å². The predicted octanol–water partition coefficient (Wildman–Crippen LogP) is 5.49. The Morgan fingerprint density at radius 1 is 0.840 bits per heavy atom. The fourth-order valence-electron chi connectivity index (χ4n) is 2.74. The molecule has 0 bridgehead atoms. The fourth-order valence-corrected chi connectivity index (χ4v) is 2.74. The maximum atomic E-state index is 12.3. The standard InChI is InChI=1S/C21H22N2O2/c1-21(2,3)14-10-12-15(13-11-14)22-20(25)23-18-8-4-7-17-16(18)6-5-9-19(17)24/h4-13,24H,1-3H3,(H2,22,23,25). The normalized spacial score (nSPS) is 11.3. The molecule has 2 amide bonds. The molecule has 0 atom stereocenters. The van der Waals surface area contributed by atoms with E-state index in [0.717, 1.165) is 11.1 Å². The number of urea groups is 1.